The first-order valence-corrected chi connectivity index (χ1v) is 6.47. The lowest BCUT2D eigenvalue weighted by molar-refractivity contribution is -0.125. The van der Waals surface area contributed by atoms with Crippen LogP contribution in [0.2, 0.25) is 0 Å². The van der Waals surface area contributed by atoms with Crippen LogP contribution in [0.25, 0.3) is 0 Å². The number of nitrogens with two attached hydrogens (primary N) is 1. The maximum atomic E-state index is 9.95. The van der Waals surface area contributed by atoms with Crippen LogP contribution in [-0.4, -0.2) is 36.2 Å². The Balaban J connectivity index is 0. The van der Waals surface area contributed by atoms with E-state index in [-0.39, 0.29) is 12.2 Å². The van der Waals surface area contributed by atoms with Gasteiger partial charge in [-0.1, -0.05) is 20.8 Å². The van der Waals surface area contributed by atoms with Crippen LogP contribution in [0.15, 0.2) is 0 Å². The van der Waals surface area contributed by atoms with E-state index < -0.39 is 5.91 Å². The van der Waals surface area contributed by atoms with Crippen molar-refractivity contribution >= 4 is 11.7 Å². The number of Topliss-reactive ketones (excluding diaryl/α,β-unsaturated/α-hetero) is 1. The van der Waals surface area contributed by atoms with Gasteiger partial charge in [0.2, 0.25) is 5.91 Å². The number of nitrogens with zero attached hydrogens (tertiary/aromatic N) is 1. The quantitative estimate of drug-likeness (QED) is 0.664. The Labute approximate surface area is 106 Å². The van der Waals surface area contributed by atoms with Gasteiger partial charge in [0, 0.05) is 0 Å². The number of amides is 1. The monoisotopic (exact) mass is 244 g/mol. The SMILES string of the molecule is CC(=O)CC(N)=O.CCCN(CCC)CCC. The Morgan fingerprint density at radius 1 is 0.941 bits per heavy atom. The average Bonchev–Trinajstić information content (AvgIpc) is 2.17. The molecule has 0 saturated carbocycles. The highest BCUT2D eigenvalue weighted by Gasteiger charge is 1.98. The molecule has 0 heterocycles. The molecule has 0 aromatic heterocycles. The molecule has 0 fully saturated rings. The molecule has 0 radical (unpaired) electrons. The molecule has 0 aliphatic heterocycles. The highest BCUT2D eigenvalue weighted by Crippen LogP contribution is 1.94. The number of primary amides is 1. The predicted octanol–water partition coefficient (Wildman–Crippen LogP) is 1.97. The molecule has 0 aliphatic carbocycles. The third kappa shape index (κ3) is 17.7. The lowest BCUT2D eigenvalue weighted by Gasteiger charge is -2.19. The minimum absolute atomic E-state index is 0.139. The second-order valence-corrected chi connectivity index (χ2v) is 4.19. The Morgan fingerprint density at radius 2 is 1.29 bits per heavy atom. The maximum Gasteiger partial charge on any atom is 0.224 e. The van der Waals surface area contributed by atoms with E-state index in [1.165, 1.54) is 45.8 Å². The fraction of sp³-hybridized carbons (Fsp3) is 0.846. The zero-order chi connectivity index (χ0) is 13.7. The molecule has 2 N–H and O–H groups in total. The van der Waals surface area contributed by atoms with Crippen LogP contribution in [0.5, 0.6) is 0 Å². The number of carbonyl (C=O) groups excluding carboxylic acids is 2. The first-order valence-electron chi connectivity index (χ1n) is 6.47. The zero-order valence-electron chi connectivity index (χ0n) is 11.8. The topological polar surface area (TPSA) is 63.4 Å². The van der Waals surface area contributed by atoms with Crippen molar-refractivity contribution in [3.05, 3.63) is 0 Å². The molecular weight excluding hydrogens is 216 g/mol. The maximum absolute atomic E-state index is 9.95. The van der Waals surface area contributed by atoms with Crippen LogP contribution < -0.4 is 5.73 Å². The van der Waals surface area contributed by atoms with Crippen LogP contribution in [0.1, 0.15) is 53.4 Å². The largest absolute Gasteiger partial charge is 0.369 e. The van der Waals surface area contributed by atoms with Gasteiger partial charge in [0.15, 0.2) is 0 Å². The van der Waals surface area contributed by atoms with Crippen LogP contribution in [0, 0.1) is 0 Å². The van der Waals surface area contributed by atoms with Crippen LogP contribution in [-0.2, 0) is 9.59 Å². The molecule has 17 heavy (non-hydrogen) atoms. The van der Waals surface area contributed by atoms with Crippen molar-refractivity contribution in [3.63, 3.8) is 0 Å². The van der Waals surface area contributed by atoms with Crippen molar-refractivity contribution < 1.29 is 9.59 Å². The standard InChI is InChI=1S/C9H21N.C4H7NO2/c1-4-7-10(8-5-2)9-6-3;1-3(6)2-4(5)7/h4-9H2,1-3H3;2H2,1H3,(H2,5,7). The minimum atomic E-state index is -0.562. The average molecular weight is 244 g/mol. The fourth-order valence-corrected chi connectivity index (χ4v) is 1.53. The lowest BCUT2D eigenvalue weighted by Crippen LogP contribution is -2.25. The normalized spacial score (nSPS) is 9.71. The molecule has 0 aromatic rings. The van der Waals surface area contributed by atoms with Gasteiger partial charge >= 0.3 is 0 Å². The third-order valence-corrected chi connectivity index (χ3v) is 2.04. The molecule has 0 unspecified atom stereocenters. The van der Waals surface area contributed by atoms with Crippen molar-refractivity contribution in [2.24, 2.45) is 5.73 Å². The number of rotatable bonds is 8. The summed E-state index contributed by atoms with van der Waals surface area (Å²) in [5.74, 6) is -0.750. The number of hydrogen-bond acceptors (Lipinski definition) is 3. The molecule has 0 atom stereocenters. The predicted molar refractivity (Wildman–Crippen MR) is 71.8 cm³/mol. The highest BCUT2D eigenvalue weighted by molar-refractivity contribution is 5.95. The second-order valence-electron chi connectivity index (χ2n) is 4.19. The van der Waals surface area contributed by atoms with Crippen molar-refractivity contribution in [1.82, 2.24) is 4.90 Å². The van der Waals surface area contributed by atoms with Gasteiger partial charge in [0.1, 0.15) is 5.78 Å². The van der Waals surface area contributed by atoms with Crippen LogP contribution in [0.4, 0.5) is 0 Å². The molecule has 0 saturated heterocycles. The van der Waals surface area contributed by atoms with Crippen LogP contribution in [0.3, 0.4) is 0 Å². The van der Waals surface area contributed by atoms with Crippen molar-refractivity contribution in [1.29, 1.82) is 0 Å². The molecule has 4 heteroatoms. The van der Waals surface area contributed by atoms with Gasteiger partial charge in [-0.05, 0) is 45.8 Å². The Bertz CT molecular complexity index is 179. The van der Waals surface area contributed by atoms with Gasteiger partial charge in [0.05, 0.1) is 6.42 Å². The van der Waals surface area contributed by atoms with Gasteiger partial charge < -0.3 is 10.6 Å². The van der Waals surface area contributed by atoms with E-state index in [0.717, 1.165) is 0 Å². The number of carbonyl (C=O) groups is 2. The Kier molecular flexibility index (Phi) is 14.3. The summed E-state index contributed by atoms with van der Waals surface area (Å²) in [5.41, 5.74) is 4.63. The summed E-state index contributed by atoms with van der Waals surface area (Å²) in [6, 6.07) is 0. The second kappa shape index (κ2) is 13.2. The summed E-state index contributed by atoms with van der Waals surface area (Å²) in [6.45, 7) is 11.9. The van der Waals surface area contributed by atoms with Crippen molar-refractivity contribution in [2.75, 3.05) is 19.6 Å². The van der Waals surface area contributed by atoms with Gasteiger partial charge in [-0.25, -0.2) is 0 Å². The van der Waals surface area contributed by atoms with E-state index in [0.29, 0.717) is 0 Å². The van der Waals surface area contributed by atoms with Crippen LogP contribution >= 0.6 is 0 Å². The van der Waals surface area contributed by atoms with Gasteiger partial charge in [-0.15, -0.1) is 0 Å². The summed E-state index contributed by atoms with van der Waals surface area (Å²) in [7, 11) is 0. The van der Waals surface area contributed by atoms with Crippen molar-refractivity contribution in [2.45, 2.75) is 53.4 Å². The first-order chi connectivity index (χ1) is 7.97. The van der Waals surface area contributed by atoms with E-state index >= 15 is 0 Å². The molecular formula is C13H28N2O2. The van der Waals surface area contributed by atoms with Gasteiger partial charge in [0.25, 0.3) is 0 Å². The fourth-order valence-electron chi connectivity index (χ4n) is 1.53. The van der Waals surface area contributed by atoms with Crippen molar-refractivity contribution in [3.8, 4) is 0 Å². The molecule has 4 nitrogen and oxygen atoms in total. The Hall–Kier alpha value is -0.900. The molecule has 102 valence electrons. The molecule has 0 aromatic carbocycles. The molecule has 0 aliphatic rings. The van der Waals surface area contributed by atoms with E-state index in [1.807, 2.05) is 0 Å². The molecule has 0 rings (SSSR count). The van der Waals surface area contributed by atoms with E-state index in [1.54, 1.807) is 0 Å². The smallest absolute Gasteiger partial charge is 0.224 e. The highest BCUT2D eigenvalue weighted by atomic mass is 16.2. The molecule has 0 spiro atoms. The zero-order valence-corrected chi connectivity index (χ0v) is 11.8. The summed E-state index contributed by atoms with van der Waals surface area (Å²) in [5, 5.41) is 0. The van der Waals surface area contributed by atoms with Gasteiger partial charge in [-0.2, -0.15) is 0 Å². The first kappa shape index (κ1) is 18.5. The number of hydrogen-bond donors (Lipinski definition) is 1. The third-order valence-electron chi connectivity index (χ3n) is 2.04. The summed E-state index contributed by atoms with van der Waals surface area (Å²) in [4.78, 5) is 22.3. The van der Waals surface area contributed by atoms with Gasteiger partial charge in [-0.3, -0.25) is 9.59 Å². The van der Waals surface area contributed by atoms with E-state index in [9.17, 15) is 9.59 Å². The summed E-state index contributed by atoms with van der Waals surface area (Å²) < 4.78 is 0. The van der Waals surface area contributed by atoms with E-state index in [4.69, 9.17) is 0 Å². The number of ketones is 1. The van der Waals surface area contributed by atoms with E-state index in [2.05, 4.69) is 31.4 Å². The Morgan fingerprint density at radius 3 is 1.41 bits per heavy atom. The summed E-state index contributed by atoms with van der Waals surface area (Å²) in [6.07, 6.45) is 3.74. The molecule has 0 bridgehead atoms. The lowest BCUT2D eigenvalue weighted by atomic mass is 10.3. The molecule has 1 amide bonds. The summed E-state index contributed by atoms with van der Waals surface area (Å²) >= 11 is 0. The minimum Gasteiger partial charge on any atom is -0.369 e.